The van der Waals surface area contributed by atoms with Crippen molar-refractivity contribution >= 4 is 11.6 Å². The van der Waals surface area contributed by atoms with Gasteiger partial charge in [-0.15, -0.1) is 0 Å². The number of rotatable bonds is 2. The lowest BCUT2D eigenvalue weighted by Gasteiger charge is -2.09. The minimum Gasteiger partial charge on any atom is -0.439 e. The molecule has 8 heteroatoms. The first kappa shape index (κ1) is 14.5. The molecule has 0 unspecified atom stereocenters. The topological polar surface area (TPSA) is 35.0 Å². The third-order valence-corrected chi connectivity index (χ3v) is 2.49. The Morgan fingerprint density at radius 3 is 2.45 bits per heavy atom. The van der Waals surface area contributed by atoms with Gasteiger partial charge in [0.15, 0.2) is 5.69 Å². The van der Waals surface area contributed by atoms with Crippen molar-refractivity contribution in [1.82, 2.24) is 9.97 Å². The van der Waals surface area contributed by atoms with E-state index in [2.05, 4.69) is 9.97 Å². The van der Waals surface area contributed by atoms with E-state index in [4.69, 9.17) is 16.3 Å². The van der Waals surface area contributed by atoms with Gasteiger partial charge < -0.3 is 4.74 Å². The van der Waals surface area contributed by atoms with Crippen LogP contribution in [0, 0.1) is 12.7 Å². The van der Waals surface area contributed by atoms with Gasteiger partial charge in [-0.25, -0.2) is 9.37 Å². The van der Waals surface area contributed by atoms with Crippen LogP contribution in [0.5, 0.6) is 11.6 Å². The van der Waals surface area contributed by atoms with Crippen LogP contribution in [0.25, 0.3) is 0 Å². The number of hydrogen-bond donors (Lipinski definition) is 0. The molecule has 0 fully saturated rings. The van der Waals surface area contributed by atoms with Gasteiger partial charge >= 0.3 is 6.18 Å². The highest BCUT2D eigenvalue weighted by atomic mass is 35.5. The summed E-state index contributed by atoms with van der Waals surface area (Å²) < 4.78 is 55.8. The van der Waals surface area contributed by atoms with Crippen molar-refractivity contribution in [2.24, 2.45) is 0 Å². The van der Waals surface area contributed by atoms with Gasteiger partial charge in [-0.2, -0.15) is 18.2 Å². The van der Waals surface area contributed by atoms with Crippen molar-refractivity contribution in [3.63, 3.8) is 0 Å². The largest absolute Gasteiger partial charge is 0.439 e. The van der Waals surface area contributed by atoms with Crippen LogP contribution in [0.4, 0.5) is 17.6 Å². The summed E-state index contributed by atoms with van der Waals surface area (Å²) in [7, 11) is 0. The smallest absolute Gasteiger partial charge is 0.433 e. The zero-order chi connectivity index (χ0) is 14.9. The molecular formula is C12H7ClF4N2O. The lowest BCUT2D eigenvalue weighted by molar-refractivity contribution is -0.141. The molecule has 2 rings (SSSR count). The van der Waals surface area contributed by atoms with E-state index in [9.17, 15) is 17.6 Å². The predicted octanol–water partition coefficient (Wildman–Crippen LogP) is 4.39. The van der Waals surface area contributed by atoms with Gasteiger partial charge in [0, 0.05) is 6.07 Å². The van der Waals surface area contributed by atoms with Crippen molar-refractivity contribution in [2.45, 2.75) is 13.1 Å². The molecule has 0 amide bonds. The summed E-state index contributed by atoms with van der Waals surface area (Å²) in [5, 5.41) is -0.589. The van der Waals surface area contributed by atoms with E-state index in [-0.39, 0.29) is 11.6 Å². The Balaban J connectivity index is 2.33. The molecular weight excluding hydrogens is 300 g/mol. The Morgan fingerprint density at radius 2 is 1.85 bits per heavy atom. The van der Waals surface area contributed by atoms with Gasteiger partial charge in [0.1, 0.15) is 11.6 Å². The minimum absolute atomic E-state index is 0.145. The maximum absolute atomic E-state index is 13.1. The molecule has 0 atom stereocenters. The van der Waals surface area contributed by atoms with E-state index in [1.54, 1.807) is 0 Å². The first-order valence-corrected chi connectivity index (χ1v) is 5.69. The minimum atomic E-state index is -4.66. The third kappa shape index (κ3) is 3.36. The lowest BCUT2D eigenvalue weighted by atomic mass is 10.2. The zero-order valence-corrected chi connectivity index (χ0v) is 10.8. The van der Waals surface area contributed by atoms with Gasteiger partial charge in [-0.3, -0.25) is 0 Å². The Hall–Kier alpha value is -1.89. The van der Waals surface area contributed by atoms with Crippen LogP contribution in [0.1, 0.15) is 11.3 Å². The highest BCUT2D eigenvalue weighted by Crippen LogP contribution is 2.31. The van der Waals surface area contributed by atoms with E-state index in [1.807, 2.05) is 0 Å². The highest BCUT2D eigenvalue weighted by Gasteiger charge is 2.34. The fourth-order valence-corrected chi connectivity index (χ4v) is 1.57. The summed E-state index contributed by atoms with van der Waals surface area (Å²) >= 11 is 5.42. The normalized spacial score (nSPS) is 11.5. The number of nitrogens with zero attached hydrogens (tertiary/aromatic N) is 2. The van der Waals surface area contributed by atoms with Crippen LogP contribution in [0.15, 0.2) is 24.3 Å². The van der Waals surface area contributed by atoms with E-state index in [1.165, 1.54) is 19.1 Å². The maximum atomic E-state index is 13.1. The Bertz CT molecular complexity index is 646. The maximum Gasteiger partial charge on any atom is 0.433 e. The average Bonchev–Trinajstić information content (AvgIpc) is 2.32. The molecule has 0 bridgehead atoms. The summed E-state index contributed by atoms with van der Waals surface area (Å²) in [6.45, 7) is 1.50. The van der Waals surface area contributed by atoms with Crippen LogP contribution >= 0.6 is 11.6 Å². The molecule has 0 aliphatic rings. The van der Waals surface area contributed by atoms with Crippen molar-refractivity contribution in [3.8, 4) is 11.6 Å². The first-order chi connectivity index (χ1) is 9.25. The van der Waals surface area contributed by atoms with E-state index in [0.717, 1.165) is 6.07 Å². The van der Waals surface area contributed by atoms with Gasteiger partial charge in [-0.05, 0) is 42.3 Å². The molecule has 2 aromatic rings. The molecule has 1 heterocycles. The number of aryl methyl sites for hydroxylation is 1. The lowest BCUT2D eigenvalue weighted by Crippen LogP contribution is -2.09. The molecule has 20 heavy (non-hydrogen) atoms. The molecule has 0 aliphatic heterocycles. The summed E-state index contributed by atoms with van der Waals surface area (Å²) in [5.74, 6) is -0.677. The van der Waals surface area contributed by atoms with Gasteiger partial charge in [0.2, 0.25) is 11.2 Å². The van der Waals surface area contributed by atoms with Crippen molar-refractivity contribution in [2.75, 3.05) is 0 Å². The summed E-state index contributed by atoms with van der Waals surface area (Å²) in [5.41, 5.74) is -0.926. The van der Waals surface area contributed by atoms with Gasteiger partial charge in [-0.1, -0.05) is 0 Å². The van der Waals surface area contributed by atoms with E-state index in [0.29, 0.717) is 11.6 Å². The molecule has 3 nitrogen and oxygen atoms in total. The molecule has 1 aromatic carbocycles. The van der Waals surface area contributed by atoms with Crippen molar-refractivity contribution in [1.29, 1.82) is 0 Å². The molecule has 0 spiro atoms. The van der Waals surface area contributed by atoms with Crippen LogP contribution in [0.2, 0.25) is 5.28 Å². The summed E-state index contributed by atoms with van der Waals surface area (Å²) in [6, 6.07) is 4.35. The Kier molecular flexibility index (Phi) is 3.80. The standard InChI is InChI=1S/C12H7ClF4N2O/c1-6-4-7(2-3-8(6)14)20-10-5-9(12(15,16)17)18-11(13)19-10/h2-5H,1H3. The number of ether oxygens (including phenoxy) is 1. The van der Waals surface area contributed by atoms with Crippen LogP contribution < -0.4 is 4.74 Å². The predicted molar refractivity (Wildman–Crippen MR) is 63.3 cm³/mol. The van der Waals surface area contributed by atoms with Gasteiger partial charge in [0.25, 0.3) is 0 Å². The number of alkyl halides is 3. The van der Waals surface area contributed by atoms with Crippen molar-refractivity contribution < 1.29 is 22.3 Å². The fourth-order valence-electron chi connectivity index (χ4n) is 1.40. The average molecular weight is 307 g/mol. The molecule has 0 radical (unpaired) electrons. The second kappa shape index (κ2) is 5.24. The zero-order valence-electron chi connectivity index (χ0n) is 10.0. The van der Waals surface area contributed by atoms with E-state index >= 15 is 0 Å². The molecule has 0 N–H and O–H groups in total. The first-order valence-electron chi connectivity index (χ1n) is 5.31. The number of benzene rings is 1. The summed E-state index contributed by atoms with van der Waals surface area (Å²) in [4.78, 5) is 6.60. The highest BCUT2D eigenvalue weighted by molar-refractivity contribution is 6.28. The number of aromatic nitrogens is 2. The second-order valence-electron chi connectivity index (χ2n) is 3.87. The second-order valence-corrected chi connectivity index (χ2v) is 4.21. The molecule has 0 saturated carbocycles. The van der Waals surface area contributed by atoms with Crippen molar-refractivity contribution in [3.05, 3.63) is 46.6 Å². The monoisotopic (exact) mass is 306 g/mol. The molecule has 1 aromatic heterocycles. The number of hydrogen-bond acceptors (Lipinski definition) is 3. The third-order valence-electron chi connectivity index (χ3n) is 2.32. The van der Waals surface area contributed by atoms with Crippen LogP contribution in [0.3, 0.4) is 0 Å². The van der Waals surface area contributed by atoms with E-state index < -0.39 is 23.0 Å². The molecule has 106 valence electrons. The quantitative estimate of drug-likeness (QED) is 0.610. The fraction of sp³-hybridized carbons (Fsp3) is 0.167. The SMILES string of the molecule is Cc1cc(Oc2cc(C(F)(F)F)nc(Cl)n2)ccc1F. The van der Waals surface area contributed by atoms with Gasteiger partial charge in [0.05, 0.1) is 0 Å². The van der Waals surface area contributed by atoms with Crippen LogP contribution in [-0.2, 0) is 6.18 Å². The number of halogens is 5. The summed E-state index contributed by atoms with van der Waals surface area (Å²) in [6.07, 6.45) is -4.66. The van der Waals surface area contributed by atoms with Crippen LogP contribution in [-0.4, -0.2) is 9.97 Å². The Morgan fingerprint density at radius 1 is 1.15 bits per heavy atom. The Labute approximate surface area is 116 Å². The molecule has 0 saturated heterocycles. The molecule has 0 aliphatic carbocycles.